The molecule has 5 heterocycles. The summed E-state index contributed by atoms with van der Waals surface area (Å²) in [5.41, 5.74) is 6.71. The fourth-order valence-corrected chi connectivity index (χ4v) is 5.74. The number of anilines is 1. The van der Waals surface area contributed by atoms with Gasteiger partial charge in [0.25, 0.3) is 0 Å². The fraction of sp³-hybridized carbons (Fsp3) is 0.360. The fourth-order valence-electron chi connectivity index (χ4n) is 5.54. The zero-order valence-corrected chi connectivity index (χ0v) is 19.4. The predicted molar refractivity (Wildman–Crippen MR) is 126 cm³/mol. The Morgan fingerprint density at radius 2 is 1.85 bits per heavy atom. The number of piperidine rings is 1. The Morgan fingerprint density at radius 1 is 1.03 bits per heavy atom. The van der Waals surface area contributed by atoms with Crippen LogP contribution in [0.1, 0.15) is 35.5 Å². The Balaban J connectivity index is 1.32. The molecular weight excluding hydrogens is 439 g/mol. The largest absolute Gasteiger partial charge is 0.355 e. The van der Waals surface area contributed by atoms with Crippen molar-refractivity contribution < 1.29 is 4.39 Å². The second kappa shape index (κ2) is 7.48. The summed E-state index contributed by atoms with van der Waals surface area (Å²) in [6.07, 6.45) is 8.83. The SMILES string of the molecule is Cc1nccc(-c2c(C)nc(N3CCC4(CC3)Cc3cc(F)cnc3C4)c3ccnn23)c1Cl. The summed E-state index contributed by atoms with van der Waals surface area (Å²) in [6.45, 7) is 5.71. The topological polar surface area (TPSA) is 59.2 Å². The van der Waals surface area contributed by atoms with Gasteiger partial charge in [0.15, 0.2) is 5.82 Å². The van der Waals surface area contributed by atoms with Crippen molar-refractivity contribution in [1.82, 2.24) is 24.6 Å². The van der Waals surface area contributed by atoms with Crippen LogP contribution in [0.2, 0.25) is 5.02 Å². The summed E-state index contributed by atoms with van der Waals surface area (Å²) in [4.78, 5) is 16.0. The number of aryl methyl sites for hydroxylation is 2. The summed E-state index contributed by atoms with van der Waals surface area (Å²) in [5, 5.41) is 5.24. The van der Waals surface area contributed by atoms with Gasteiger partial charge in [-0.15, -0.1) is 0 Å². The normalized spacial score (nSPS) is 17.2. The number of hydrogen-bond donors (Lipinski definition) is 0. The molecule has 33 heavy (non-hydrogen) atoms. The molecular formula is C25H24ClFN6. The molecule has 6 rings (SSSR count). The first-order valence-corrected chi connectivity index (χ1v) is 11.7. The van der Waals surface area contributed by atoms with Crippen LogP contribution in [0.4, 0.5) is 10.2 Å². The Labute approximate surface area is 196 Å². The molecule has 8 heteroatoms. The highest BCUT2D eigenvalue weighted by molar-refractivity contribution is 6.33. The van der Waals surface area contributed by atoms with Gasteiger partial charge in [-0.3, -0.25) is 9.97 Å². The van der Waals surface area contributed by atoms with Gasteiger partial charge in [0.05, 0.1) is 34.5 Å². The molecule has 1 saturated heterocycles. The van der Waals surface area contributed by atoms with Crippen LogP contribution < -0.4 is 4.90 Å². The smallest absolute Gasteiger partial charge is 0.155 e. The number of halogens is 2. The third kappa shape index (κ3) is 3.29. The maximum Gasteiger partial charge on any atom is 0.155 e. The van der Waals surface area contributed by atoms with E-state index >= 15 is 0 Å². The van der Waals surface area contributed by atoms with Crippen LogP contribution in [-0.2, 0) is 12.8 Å². The average Bonchev–Trinajstić information content (AvgIpc) is 3.41. The van der Waals surface area contributed by atoms with Gasteiger partial charge in [0.1, 0.15) is 11.3 Å². The van der Waals surface area contributed by atoms with Gasteiger partial charge < -0.3 is 4.90 Å². The van der Waals surface area contributed by atoms with E-state index in [1.54, 1.807) is 12.3 Å². The van der Waals surface area contributed by atoms with Crippen molar-refractivity contribution in [3.63, 3.8) is 0 Å². The summed E-state index contributed by atoms with van der Waals surface area (Å²) in [7, 11) is 0. The number of hydrogen-bond acceptors (Lipinski definition) is 5. The minimum atomic E-state index is -0.240. The lowest BCUT2D eigenvalue weighted by atomic mass is 9.76. The van der Waals surface area contributed by atoms with E-state index in [0.29, 0.717) is 5.02 Å². The zero-order valence-electron chi connectivity index (χ0n) is 18.6. The molecule has 168 valence electrons. The molecule has 6 nitrogen and oxygen atoms in total. The Bertz CT molecular complexity index is 1390. The van der Waals surface area contributed by atoms with Crippen molar-refractivity contribution in [2.45, 2.75) is 39.5 Å². The number of nitrogens with zero attached hydrogens (tertiary/aromatic N) is 6. The minimum absolute atomic E-state index is 0.174. The van der Waals surface area contributed by atoms with Crippen LogP contribution in [0.3, 0.4) is 0 Å². The highest BCUT2D eigenvalue weighted by atomic mass is 35.5. The van der Waals surface area contributed by atoms with Gasteiger partial charge in [-0.1, -0.05) is 11.6 Å². The van der Waals surface area contributed by atoms with Crippen molar-refractivity contribution in [2.75, 3.05) is 18.0 Å². The minimum Gasteiger partial charge on any atom is -0.355 e. The molecule has 0 amide bonds. The third-order valence-corrected chi connectivity index (χ3v) is 7.75. The van der Waals surface area contributed by atoms with Gasteiger partial charge in [0, 0.05) is 30.5 Å². The van der Waals surface area contributed by atoms with E-state index < -0.39 is 0 Å². The molecule has 0 aromatic carbocycles. The monoisotopic (exact) mass is 462 g/mol. The van der Waals surface area contributed by atoms with Gasteiger partial charge in [-0.25, -0.2) is 13.9 Å². The van der Waals surface area contributed by atoms with E-state index in [1.807, 2.05) is 36.7 Å². The summed E-state index contributed by atoms with van der Waals surface area (Å²) in [6, 6.07) is 5.59. The molecule has 1 aliphatic carbocycles. The van der Waals surface area contributed by atoms with Gasteiger partial charge in [0.2, 0.25) is 0 Å². The maximum atomic E-state index is 13.7. The molecule has 1 fully saturated rings. The van der Waals surface area contributed by atoms with Gasteiger partial charge in [-0.2, -0.15) is 5.10 Å². The van der Waals surface area contributed by atoms with Crippen LogP contribution >= 0.6 is 11.6 Å². The Hall–Kier alpha value is -3.06. The van der Waals surface area contributed by atoms with E-state index in [1.165, 1.54) is 6.20 Å². The summed E-state index contributed by atoms with van der Waals surface area (Å²) in [5.74, 6) is 0.709. The molecule has 2 aliphatic rings. The van der Waals surface area contributed by atoms with E-state index in [-0.39, 0.29) is 11.2 Å². The quantitative estimate of drug-likeness (QED) is 0.420. The molecule has 0 N–H and O–H groups in total. The van der Waals surface area contributed by atoms with Crippen molar-refractivity contribution >= 4 is 22.9 Å². The molecule has 0 atom stereocenters. The average molecular weight is 463 g/mol. The van der Waals surface area contributed by atoms with Crippen LogP contribution in [0.15, 0.2) is 36.8 Å². The first-order valence-electron chi connectivity index (χ1n) is 11.3. The molecule has 0 unspecified atom stereocenters. The molecule has 0 saturated carbocycles. The highest BCUT2D eigenvalue weighted by Crippen LogP contribution is 2.45. The molecule has 1 aliphatic heterocycles. The molecule has 4 aromatic heterocycles. The van der Waals surface area contributed by atoms with Crippen molar-refractivity contribution in [3.8, 4) is 11.3 Å². The van der Waals surface area contributed by atoms with Crippen molar-refractivity contribution in [2.24, 2.45) is 5.41 Å². The predicted octanol–water partition coefficient (Wildman–Crippen LogP) is 4.98. The van der Waals surface area contributed by atoms with Crippen LogP contribution in [0, 0.1) is 25.1 Å². The van der Waals surface area contributed by atoms with Crippen molar-refractivity contribution in [1.29, 1.82) is 0 Å². The van der Waals surface area contributed by atoms with Gasteiger partial charge in [-0.05, 0) is 68.7 Å². The van der Waals surface area contributed by atoms with Gasteiger partial charge >= 0.3 is 0 Å². The van der Waals surface area contributed by atoms with E-state index in [4.69, 9.17) is 16.6 Å². The van der Waals surface area contributed by atoms with E-state index in [9.17, 15) is 4.39 Å². The second-order valence-corrected chi connectivity index (χ2v) is 9.73. The van der Waals surface area contributed by atoms with Crippen molar-refractivity contribution in [3.05, 3.63) is 70.3 Å². The standard InChI is InChI=1S/C25H24ClFN6/c1-15-22(26)19(3-7-28-15)23-16(2)31-24(21-4-8-30-33(21)23)32-9-5-25(6-10-32)12-17-11-18(27)14-29-20(17)13-25/h3-4,7-8,11,14H,5-6,9-10,12-13H2,1-2H3. The highest BCUT2D eigenvalue weighted by Gasteiger charge is 2.41. The zero-order chi connectivity index (χ0) is 22.7. The number of rotatable bonds is 2. The second-order valence-electron chi connectivity index (χ2n) is 9.36. The number of pyridine rings is 2. The first-order chi connectivity index (χ1) is 15.9. The molecule has 4 aromatic rings. The number of fused-ring (bicyclic) bond motifs is 2. The third-order valence-electron chi connectivity index (χ3n) is 7.28. The summed E-state index contributed by atoms with van der Waals surface area (Å²) >= 11 is 6.60. The van der Waals surface area contributed by atoms with E-state index in [0.717, 1.165) is 84.0 Å². The first kappa shape index (κ1) is 20.5. The Kier molecular flexibility index (Phi) is 4.66. The Morgan fingerprint density at radius 3 is 2.67 bits per heavy atom. The molecule has 1 spiro atoms. The van der Waals surface area contributed by atoms with Crippen LogP contribution in [-0.4, -0.2) is 37.7 Å². The van der Waals surface area contributed by atoms with Crippen LogP contribution in [0.25, 0.3) is 16.8 Å². The number of aromatic nitrogens is 5. The molecule has 0 bridgehead atoms. The molecule has 0 radical (unpaired) electrons. The lowest BCUT2D eigenvalue weighted by Gasteiger charge is -2.40. The summed E-state index contributed by atoms with van der Waals surface area (Å²) < 4.78 is 15.6. The van der Waals surface area contributed by atoms with E-state index in [2.05, 4.69) is 20.0 Å². The lowest BCUT2D eigenvalue weighted by molar-refractivity contribution is 0.231. The van der Waals surface area contributed by atoms with Crippen LogP contribution in [0.5, 0.6) is 0 Å². The lowest BCUT2D eigenvalue weighted by Crippen LogP contribution is -2.41. The maximum absolute atomic E-state index is 13.7.